The van der Waals surface area contributed by atoms with Gasteiger partial charge in [-0.3, -0.25) is 0 Å². The Morgan fingerprint density at radius 3 is 2.74 bits per heavy atom. The van der Waals surface area contributed by atoms with Gasteiger partial charge in [-0.1, -0.05) is 13.3 Å². The quantitative estimate of drug-likeness (QED) is 0.803. The number of likely N-dealkylation sites (tertiary alicyclic amines) is 1. The number of hydrogen-bond donors (Lipinski definition) is 2. The molecule has 0 aromatic carbocycles. The smallest absolute Gasteiger partial charge is 0.0615 e. The van der Waals surface area contributed by atoms with Crippen LogP contribution in [0.4, 0.5) is 0 Å². The second kappa shape index (κ2) is 6.55. The molecular formula is C16H32N2O. The van der Waals surface area contributed by atoms with Crippen molar-refractivity contribution in [1.29, 1.82) is 0 Å². The number of likely N-dealkylation sites (N-methyl/N-ethyl adjacent to an activating group) is 1. The molecule has 0 aromatic heterocycles. The molecule has 0 spiro atoms. The van der Waals surface area contributed by atoms with Crippen LogP contribution in [0.15, 0.2) is 0 Å². The highest BCUT2D eigenvalue weighted by atomic mass is 16.3. The molecule has 2 fully saturated rings. The zero-order chi connectivity index (χ0) is 13.9. The lowest BCUT2D eigenvalue weighted by molar-refractivity contribution is 0.0897. The van der Waals surface area contributed by atoms with E-state index in [0.717, 1.165) is 18.4 Å². The normalized spacial score (nSPS) is 40.7. The van der Waals surface area contributed by atoms with Gasteiger partial charge in [-0.05, 0) is 64.5 Å². The molecule has 1 aliphatic heterocycles. The van der Waals surface area contributed by atoms with Crippen molar-refractivity contribution >= 4 is 0 Å². The largest absolute Gasteiger partial charge is 0.394 e. The van der Waals surface area contributed by atoms with Crippen molar-refractivity contribution in [3.63, 3.8) is 0 Å². The number of nitrogens with zero attached hydrogens (tertiary/aromatic N) is 1. The average molecular weight is 268 g/mol. The first kappa shape index (κ1) is 15.3. The molecule has 2 rings (SSSR count). The second-order valence-electron chi connectivity index (χ2n) is 6.97. The van der Waals surface area contributed by atoms with Gasteiger partial charge in [-0.2, -0.15) is 0 Å². The van der Waals surface area contributed by atoms with E-state index in [9.17, 15) is 5.11 Å². The van der Waals surface area contributed by atoms with Crippen molar-refractivity contribution in [3.05, 3.63) is 0 Å². The Labute approximate surface area is 118 Å². The van der Waals surface area contributed by atoms with Gasteiger partial charge >= 0.3 is 0 Å². The minimum absolute atomic E-state index is 0.00460. The van der Waals surface area contributed by atoms with Crippen LogP contribution in [-0.2, 0) is 0 Å². The summed E-state index contributed by atoms with van der Waals surface area (Å²) in [5, 5.41) is 13.2. The van der Waals surface area contributed by atoms with Gasteiger partial charge in [0.2, 0.25) is 0 Å². The van der Waals surface area contributed by atoms with Gasteiger partial charge in [-0.15, -0.1) is 0 Å². The van der Waals surface area contributed by atoms with E-state index >= 15 is 0 Å². The van der Waals surface area contributed by atoms with Gasteiger partial charge in [0.25, 0.3) is 0 Å². The Morgan fingerprint density at radius 2 is 2.05 bits per heavy atom. The van der Waals surface area contributed by atoms with Crippen LogP contribution in [0.3, 0.4) is 0 Å². The van der Waals surface area contributed by atoms with Gasteiger partial charge < -0.3 is 15.3 Å². The van der Waals surface area contributed by atoms with Crippen LogP contribution in [0.25, 0.3) is 0 Å². The standard InChI is InChI=1S/C16H32N2O/c1-13-6-7-14(2)18(11-13)10-8-15-5-4-9-16(15,12-19)17-3/h13-15,17,19H,4-12H2,1-3H3. The van der Waals surface area contributed by atoms with Crippen LogP contribution in [0.5, 0.6) is 0 Å². The third-order valence-corrected chi connectivity index (χ3v) is 5.75. The molecule has 2 aliphatic rings. The Bertz CT molecular complexity index is 278. The summed E-state index contributed by atoms with van der Waals surface area (Å²) in [6, 6.07) is 0.746. The summed E-state index contributed by atoms with van der Waals surface area (Å²) in [7, 11) is 2.01. The predicted octanol–water partition coefficient (Wildman–Crippen LogP) is 2.25. The van der Waals surface area contributed by atoms with E-state index in [-0.39, 0.29) is 5.54 Å². The van der Waals surface area contributed by atoms with Crippen molar-refractivity contribution < 1.29 is 5.11 Å². The highest BCUT2D eigenvalue weighted by molar-refractivity contribution is 4.98. The highest BCUT2D eigenvalue weighted by Gasteiger charge is 2.41. The number of hydrogen-bond acceptors (Lipinski definition) is 3. The van der Waals surface area contributed by atoms with E-state index in [0.29, 0.717) is 12.5 Å². The molecule has 2 N–H and O–H groups in total. The summed E-state index contributed by atoms with van der Waals surface area (Å²) in [4.78, 5) is 2.67. The molecule has 1 aliphatic carbocycles. The third kappa shape index (κ3) is 3.32. The summed E-state index contributed by atoms with van der Waals surface area (Å²) in [5.41, 5.74) is 0.00460. The van der Waals surface area contributed by atoms with Gasteiger partial charge in [0.05, 0.1) is 6.61 Å². The van der Waals surface area contributed by atoms with Crippen LogP contribution in [0.2, 0.25) is 0 Å². The fourth-order valence-corrected chi connectivity index (χ4v) is 4.19. The lowest BCUT2D eigenvalue weighted by Crippen LogP contribution is -2.51. The molecule has 1 saturated heterocycles. The molecule has 0 amide bonds. The van der Waals surface area contributed by atoms with Crippen molar-refractivity contribution in [3.8, 4) is 0 Å². The molecule has 112 valence electrons. The monoisotopic (exact) mass is 268 g/mol. The number of nitrogens with one attached hydrogen (secondary N) is 1. The summed E-state index contributed by atoms with van der Waals surface area (Å²) < 4.78 is 0. The topological polar surface area (TPSA) is 35.5 Å². The first-order valence-electron chi connectivity index (χ1n) is 8.15. The first-order valence-corrected chi connectivity index (χ1v) is 8.15. The van der Waals surface area contributed by atoms with E-state index in [1.165, 1.54) is 45.2 Å². The summed E-state index contributed by atoms with van der Waals surface area (Å²) in [6.45, 7) is 7.51. The van der Waals surface area contributed by atoms with Gasteiger partial charge in [-0.25, -0.2) is 0 Å². The summed E-state index contributed by atoms with van der Waals surface area (Å²) in [6.07, 6.45) is 7.65. The van der Waals surface area contributed by atoms with Crippen molar-refractivity contribution in [2.75, 3.05) is 26.7 Å². The Balaban J connectivity index is 1.87. The molecule has 4 unspecified atom stereocenters. The SMILES string of the molecule is CNC1(CO)CCCC1CCN1CC(C)CCC1C. The van der Waals surface area contributed by atoms with E-state index in [1.807, 2.05) is 7.05 Å². The molecule has 3 heteroatoms. The van der Waals surface area contributed by atoms with Crippen molar-refractivity contribution in [1.82, 2.24) is 10.2 Å². The van der Waals surface area contributed by atoms with Gasteiger partial charge in [0.1, 0.15) is 0 Å². The molecule has 1 saturated carbocycles. The number of rotatable bonds is 5. The second-order valence-corrected chi connectivity index (χ2v) is 6.97. The molecule has 4 atom stereocenters. The fraction of sp³-hybridized carbons (Fsp3) is 1.00. The maximum absolute atomic E-state index is 9.74. The molecule has 1 heterocycles. The molecule has 19 heavy (non-hydrogen) atoms. The van der Waals surface area contributed by atoms with Crippen LogP contribution >= 0.6 is 0 Å². The van der Waals surface area contributed by atoms with E-state index in [4.69, 9.17) is 0 Å². The Kier molecular flexibility index (Phi) is 5.27. The molecule has 0 aromatic rings. The summed E-state index contributed by atoms with van der Waals surface area (Å²) >= 11 is 0. The highest BCUT2D eigenvalue weighted by Crippen LogP contribution is 2.38. The zero-order valence-electron chi connectivity index (χ0n) is 13.0. The van der Waals surface area contributed by atoms with Gasteiger partial charge in [0.15, 0.2) is 0 Å². The van der Waals surface area contributed by atoms with E-state index in [1.54, 1.807) is 0 Å². The predicted molar refractivity (Wildman–Crippen MR) is 80.3 cm³/mol. The molecule has 3 nitrogen and oxygen atoms in total. The summed E-state index contributed by atoms with van der Waals surface area (Å²) in [5.74, 6) is 1.50. The van der Waals surface area contributed by atoms with Crippen LogP contribution in [0.1, 0.15) is 52.4 Å². The zero-order valence-corrected chi connectivity index (χ0v) is 13.0. The molecule has 0 bridgehead atoms. The third-order valence-electron chi connectivity index (χ3n) is 5.75. The number of aliphatic hydroxyl groups excluding tert-OH is 1. The number of piperidine rings is 1. The lowest BCUT2D eigenvalue weighted by Gasteiger charge is -2.39. The van der Waals surface area contributed by atoms with Gasteiger partial charge in [0, 0.05) is 18.1 Å². The first-order chi connectivity index (χ1) is 9.11. The lowest BCUT2D eigenvalue weighted by atomic mass is 9.84. The van der Waals surface area contributed by atoms with E-state index in [2.05, 4.69) is 24.1 Å². The van der Waals surface area contributed by atoms with E-state index < -0.39 is 0 Å². The minimum atomic E-state index is 0.00460. The fourth-order valence-electron chi connectivity index (χ4n) is 4.19. The van der Waals surface area contributed by atoms with Crippen molar-refractivity contribution in [2.24, 2.45) is 11.8 Å². The van der Waals surface area contributed by atoms with Crippen molar-refractivity contribution in [2.45, 2.75) is 64.0 Å². The maximum Gasteiger partial charge on any atom is 0.0615 e. The molecular weight excluding hydrogens is 236 g/mol. The number of aliphatic hydroxyl groups is 1. The maximum atomic E-state index is 9.74. The van der Waals surface area contributed by atoms with Crippen LogP contribution < -0.4 is 5.32 Å². The molecule has 0 radical (unpaired) electrons. The minimum Gasteiger partial charge on any atom is -0.394 e. The van der Waals surface area contributed by atoms with Crippen LogP contribution in [-0.4, -0.2) is 48.3 Å². The Hall–Kier alpha value is -0.120. The van der Waals surface area contributed by atoms with Crippen LogP contribution in [0, 0.1) is 11.8 Å². The Morgan fingerprint density at radius 1 is 1.26 bits per heavy atom. The average Bonchev–Trinajstić information content (AvgIpc) is 2.83.